The van der Waals surface area contributed by atoms with Crippen molar-refractivity contribution in [1.82, 2.24) is 9.55 Å². The van der Waals surface area contributed by atoms with Gasteiger partial charge >= 0.3 is 0 Å². The molecule has 3 nitrogen and oxygen atoms in total. The predicted octanol–water partition coefficient (Wildman–Crippen LogP) is 8.23. The van der Waals surface area contributed by atoms with Gasteiger partial charge in [0, 0.05) is 50.2 Å². The highest BCUT2D eigenvalue weighted by atomic mass is 19.3. The van der Waals surface area contributed by atoms with Crippen LogP contribution in [0.5, 0.6) is 0 Å². The lowest BCUT2D eigenvalue weighted by atomic mass is 9.55. The maximum Gasteiger partial charge on any atom is 0.253 e. The molecule has 1 aromatic carbocycles. The first-order valence-electron chi connectivity index (χ1n) is 12.8. The van der Waals surface area contributed by atoms with E-state index in [1.54, 1.807) is 13.8 Å². The van der Waals surface area contributed by atoms with Gasteiger partial charge in [-0.05, 0) is 51.4 Å². The Labute approximate surface area is 201 Å². The first kappa shape index (κ1) is 26.7. The van der Waals surface area contributed by atoms with E-state index in [-0.39, 0.29) is 31.5 Å². The van der Waals surface area contributed by atoms with E-state index in [9.17, 15) is 22.4 Å². The van der Waals surface area contributed by atoms with E-state index in [0.717, 1.165) is 31.2 Å². The van der Waals surface area contributed by atoms with Crippen molar-refractivity contribution in [2.24, 2.45) is 11.3 Å². The first-order chi connectivity index (χ1) is 16.0. The zero-order valence-corrected chi connectivity index (χ0v) is 21.1. The summed E-state index contributed by atoms with van der Waals surface area (Å²) >= 11 is 0. The molecule has 2 fully saturated rings. The minimum atomic E-state index is -2.68. The Morgan fingerprint density at radius 1 is 1.15 bits per heavy atom. The third-order valence-corrected chi connectivity index (χ3v) is 8.29. The highest BCUT2D eigenvalue weighted by molar-refractivity contribution is 5.79. The number of carbonyl (C=O) groups is 1. The van der Waals surface area contributed by atoms with Crippen LogP contribution in [0.1, 0.15) is 99.7 Å². The van der Waals surface area contributed by atoms with Crippen LogP contribution >= 0.6 is 0 Å². The molecule has 0 N–H and O–H groups in total. The van der Waals surface area contributed by atoms with Gasteiger partial charge < -0.3 is 4.57 Å². The SMILES string of the molecule is CC.CCC1(C)C(CC(=O)CCCCc2nc3cc(F)c(F)cc3n2C2(C)CCC2)CC1(F)F.[HH]. The van der Waals surface area contributed by atoms with Crippen LogP contribution in [0, 0.1) is 23.0 Å². The van der Waals surface area contributed by atoms with Gasteiger partial charge in [-0.2, -0.15) is 0 Å². The molecule has 2 saturated carbocycles. The number of unbranched alkanes of at least 4 members (excludes halogenated alkanes) is 1. The van der Waals surface area contributed by atoms with Crippen molar-refractivity contribution >= 4 is 16.8 Å². The van der Waals surface area contributed by atoms with Crippen molar-refractivity contribution in [2.45, 2.75) is 110 Å². The highest BCUT2D eigenvalue weighted by Gasteiger charge is 2.63. The Morgan fingerprint density at radius 3 is 2.35 bits per heavy atom. The number of ketones is 1. The number of aryl methyl sites for hydroxylation is 1. The number of nitrogens with zero attached hydrogens (tertiary/aromatic N) is 2. The standard InChI is InChI=1S/C25H32F4N2O.C2H6.H2/c1-4-24(3)16(15-25(24,28)29)12-17(32)8-5-6-9-22-30-20-13-18(26)19(27)14-21(20)31(22)23(2)10-7-11-23;1-2;/h13-14,16H,4-12,15H2,1-3H3;1-2H3;1H. The molecule has 4 rings (SSSR count). The third-order valence-electron chi connectivity index (χ3n) is 8.29. The number of benzene rings is 1. The van der Waals surface area contributed by atoms with Crippen LogP contribution in [-0.4, -0.2) is 21.3 Å². The molecule has 2 atom stereocenters. The number of imidazole rings is 1. The first-order valence-corrected chi connectivity index (χ1v) is 12.8. The summed E-state index contributed by atoms with van der Waals surface area (Å²) in [4.78, 5) is 17.0. The van der Waals surface area contributed by atoms with Gasteiger partial charge in [-0.1, -0.05) is 27.7 Å². The van der Waals surface area contributed by atoms with Crippen LogP contribution in [0.3, 0.4) is 0 Å². The number of hydrogen-bond acceptors (Lipinski definition) is 2. The summed E-state index contributed by atoms with van der Waals surface area (Å²) in [6.45, 7) is 9.47. The van der Waals surface area contributed by atoms with Crippen LogP contribution in [0.2, 0.25) is 0 Å². The molecule has 2 aromatic rings. The minimum Gasteiger partial charge on any atom is -0.322 e. The van der Waals surface area contributed by atoms with Crippen molar-refractivity contribution in [1.29, 1.82) is 0 Å². The van der Waals surface area contributed by atoms with Gasteiger partial charge in [-0.25, -0.2) is 22.5 Å². The van der Waals surface area contributed by atoms with E-state index < -0.39 is 23.0 Å². The molecular formula is C27H40F4N2O. The van der Waals surface area contributed by atoms with E-state index >= 15 is 0 Å². The second kappa shape index (κ2) is 9.98. The Morgan fingerprint density at radius 2 is 1.79 bits per heavy atom. The number of hydrogen-bond donors (Lipinski definition) is 0. The van der Waals surface area contributed by atoms with Gasteiger partial charge in [0.1, 0.15) is 11.6 Å². The van der Waals surface area contributed by atoms with E-state index in [4.69, 9.17) is 0 Å². The molecule has 1 heterocycles. The average molecular weight is 485 g/mol. The number of rotatable bonds is 9. The second-order valence-electron chi connectivity index (χ2n) is 10.3. The van der Waals surface area contributed by atoms with Crippen LogP contribution in [0.4, 0.5) is 17.6 Å². The predicted molar refractivity (Wildman–Crippen MR) is 129 cm³/mol. The average Bonchev–Trinajstić information content (AvgIpc) is 3.12. The quantitative estimate of drug-likeness (QED) is 0.265. The van der Waals surface area contributed by atoms with Crippen molar-refractivity contribution in [2.75, 3.05) is 0 Å². The summed E-state index contributed by atoms with van der Waals surface area (Å²) < 4.78 is 57.5. The van der Waals surface area contributed by atoms with Crippen molar-refractivity contribution in [3.8, 4) is 0 Å². The van der Waals surface area contributed by atoms with Crippen LogP contribution in [0.15, 0.2) is 12.1 Å². The molecule has 2 aliphatic carbocycles. The summed E-state index contributed by atoms with van der Waals surface area (Å²) in [7, 11) is 0. The Balaban J connectivity index is 0.00000140. The summed E-state index contributed by atoms with van der Waals surface area (Å²) in [5, 5.41) is 0. The maximum absolute atomic E-state index is 13.9. The normalized spacial score (nSPS) is 24.7. The number of alkyl halides is 2. The molecule has 34 heavy (non-hydrogen) atoms. The van der Waals surface area contributed by atoms with Crippen LogP contribution in [0.25, 0.3) is 11.0 Å². The van der Waals surface area contributed by atoms with E-state index in [1.165, 1.54) is 6.07 Å². The third kappa shape index (κ3) is 4.64. The molecule has 0 spiro atoms. The van der Waals surface area contributed by atoms with Crippen molar-refractivity contribution in [3.63, 3.8) is 0 Å². The molecule has 0 amide bonds. The number of halogens is 4. The van der Waals surface area contributed by atoms with Crippen molar-refractivity contribution < 1.29 is 23.8 Å². The summed E-state index contributed by atoms with van der Waals surface area (Å²) in [6, 6.07) is 2.38. The monoisotopic (exact) mass is 484 g/mol. The van der Waals surface area contributed by atoms with Crippen molar-refractivity contribution in [3.05, 3.63) is 29.6 Å². The molecule has 7 heteroatoms. The number of aromatic nitrogens is 2. The largest absolute Gasteiger partial charge is 0.322 e. The maximum atomic E-state index is 13.9. The molecule has 0 aliphatic heterocycles. The lowest BCUT2D eigenvalue weighted by Gasteiger charge is -2.53. The lowest BCUT2D eigenvalue weighted by molar-refractivity contribution is -0.237. The summed E-state index contributed by atoms with van der Waals surface area (Å²) in [5.74, 6) is -3.88. The van der Waals surface area contributed by atoms with Gasteiger partial charge in [0.05, 0.1) is 11.0 Å². The molecular weight excluding hydrogens is 444 g/mol. The molecule has 0 saturated heterocycles. The fourth-order valence-electron chi connectivity index (χ4n) is 5.57. The topological polar surface area (TPSA) is 34.9 Å². The van der Waals surface area contributed by atoms with Gasteiger partial charge in [0.2, 0.25) is 0 Å². The number of fused-ring (bicyclic) bond motifs is 1. The number of Topliss-reactive ketones (excluding diaryl/α,β-unsaturated/α-hetero) is 1. The Kier molecular flexibility index (Phi) is 7.83. The summed E-state index contributed by atoms with van der Waals surface area (Å²) in [5.41, 5.74) is -0.157. The zero-order chi connectivity index (χ0) is 25.3. The van der Waals surface area contributed by atoms with E-state index in [0.29, 0.717) is 43.1 Å². The van der Waals surface area contributed by atoms with Gasteiger partial charge in [-0.15, -0.1) is 0 Å². The van der Waals surface area contributed by atoms with Gasteiger partial charge in [0.25, 0.3) is 5.92 Å². The molecule has 192 valence electrons. The second-order valence-corrected chi connectivity index (χ2v) is 10.3. The lowest BCUT2D eigenvalue weighted by Crippen LogP contribution is -2.56. The summed E-state index contributed by atoms with van der Waals surface area (Å²) in [6.07, 6.45) is 5.73. The molecule has 0 radical (unpaired) electrons. The molecule has 2 aliphatic rings. The van der Waals surface area contributed by atoms with E-state index in [1.807, 2.05) is 13.8 Å². The fraction of sp³-hybridized carbons (Fsp3) is 0.704. The zero-order valence-electron chi connectivity index (χ0n) is 21.1. The van der Waals surface area contributed by atoms with Crippen LogP contribution < -0.4 is 0 Å². The minimum absolute atomic E-state index is 0. The molecule has 1 aromatic heterocycles. The number of carbonyl (C=O) groups excluding carboxylic acids is 1. The Hall–Kier alpha value is -1.92. The Bertz CT molecular complexity index is 1030. The van der Waals surface area contributed by atoms with Gasteiger partial charge in [-0.3, -0.25) is 4.79 Å². The fourth-order valence-corrected chi connectivity index (χ4v) is 5.57. The molecule has 0 bridgehead atoms. The smallest absolute Gasteiger partial charge is 0.253 e. The molecule has 2 unspecified atom stereocenters. The van der Waals surface area contributed by atoms with Gasteiger partial charge in [0.15, 0.2) is 11.6 Å². The van der Waals surface area contributed by atoms with Crippen LogP contribution in [-0.2, 0) is 16.8 Å². The van der Waals surface area contributed by atoms with E-state index in [2.05, 4.69) is 16.5 Å². The highest BCUT2D eigenvalue weighted by Crippen LogP contribution is 2.61.